The fourth-order valence-electron chi connectivity index (χ4n) is 3.34. The summed E-state index contributed by atoms with van der Waals surface area (Å²) in [6.45, 7) is 2.15. The topological polar surface area (TPSA) is 69.6 Å². The van der Waals surface area contributed by atoms with E-state index >= 15 is 0 Å². The first-order chi connectivity index (χ1) is 11.3. The molecule has 1 saturated heterocycles. The lowest BCUT2D eigenvalue weighted by atomic mass is 10.0. The summed E-state index contributed by atoms with van der Waals surface area (Å²) in [6.07, 6.45) is 2.97. The standard InChI is InChI=1S/C17H21BrN2O3S/c1-24(22,23)19-14-3-2-8-20(10-14)11-16-15-6-5-13(18)9-12(15)4-7-17(16)21/h4-7,9,14,19,21H,2-3,8,10-11H2,1H3/t14-/m0/s1. The van der Waals surface area contributed by atoms with Gasteiger partial charge in [-0.25, -0.2) is 13.1 Å². The van der Waals surface area contributed by atoms with Gasteiger partial charge in [-0.3, -0.25) is 4.90 Å². The number of hydrogen-bond donors (Lipinski definition) is 2. The number of hydrogen-bond acceptors (Lipinski definition) is 4. The zero-order valence-corrected chi connectivity index (χ0v) is 15.9. The lowest BCUT2D eigenvalue weighted by molar-refractivity contribution is 0.193. The van der Waals surface area contributed by atoms with Crippen LogP contribution in [0.2, 0.25) is 0 Å². The van der Waals surface area contributed by atoms with Gasteiger partial charge in [-0.2, -0.15) is 0 Å². The van der Waals surface area contributed by atoms with Crippen LogP contribution in [0.25, 0.3) is 10.8 Å². The van der Waals surface area contributed by atoms with Crippen molar-refractivity contribution in [2.45, 2.75) is 25.4 Å². The number of nitrogens with one attached hydrogen (secondary N) is 1. The van der Waals surface area contributed by atoms with E-state index in [0.29, 0.717) is 13.1 Å². The second kappa shape index (κ2) is 7.00. The van der Waals surface area contributed by atoms with Gasteiger partial charge in [0.1, 0.15) is 5.75 Å². The molecule has 2 aromatic carbocycles. The molecule has 0 aliphatic carbocycles. The van der Waals surface area contributed by atoms with Crippen molar-refractivity contribution in [1.29, 1.82) is 0 Å². The van der Waals surface area contributed by atoms with Gasteiger partial charge in [0.2, 0.25) is 10.0 Å². The summed E-state index contributed by atoms with van der Waals surface area (Å²) in [6, 6.07) is 9.56. The highest BCUT2D eigenvalue weighted by atomic mass is 79.9. The van der Waals surface area contributed by atoms with Gasteiger partial charge < -0.3 is 5.11 Å². The number of benzene rings is 2. The first-order valence-corrected chi connectivity index (χ1v) is 10.6. The van der Waals surface area contributed by atoms with Crippen LogP contribution < -0.4 is 4.72 Å². The quantitative estimate of drug-likeness (QED) is 0.809. The lowest BCUT2D eigenvalue weighted by Crippen LogP contribution is -2.47. The SMILES string of the molecule is CS(=O)(=O)N[C@H]1CCCN(Cc2c(O)ccc3cc(Br)ccc23)C1. The van der Waals surface area contributed by atoms with Gasteiger partial charge >= 0.3 is 0 Å². The second-order valence-electron chi connectivity index (χ2n) is 6.39. The van der Waals surface area contributed by atoms with Crippen LogP contribution in [0, 0.1) is 0 Å². The molecule has 1 fully saturated rings. The lowest BCUT2D eigenvalue weighted by Gasteiger charge is -2.33. The number of fused-ring (bicyclic) bond motifs is 1. The zero-order chi connectivity index (χ0) is 17.3. The van der Waals surface area contributed by atoms with Gasteiger partial charge in [-0.15, -0.1) is 0 Å². The van der Waals surface area contributed by atoms with Crippen LogP contribution in [0.1, 0.15) is 18.4 Å². The molecule has 0 spiro atoms. The summed E-state index contributed by atoms with van der Waals surface area (Å²) in [7, 11) is -3.20. The Bertz CT molecular complexity index is 854. The van der Waals surface area contributed by atoms with E-state index in [1.807, 2.05) is 24.3 Å². The molecular weight excluding hydrogens is 392 g/mol. The third-order valence-electron chi connectivity index (χ3n) is 4.34. The highest BCUT2D eigenvalue weighted by Crippen LogP contribution is 2.31. The van der Waals surface area contributed by atoms with Gasteiger partial charge in [0.25, 0.3) is 0 Å². The summed E-state index contributed by atoms with van der Waals surface area (Å²) < 4.78 is 26.6. The molecule has 24 heavy (non-hydrogen) atoms. The highest BCUT2D eigenvalue weighted by Gasteiger charge is 2.23. The van der Waals surface area contributed by atoms with Crippen LogP contribution in [-0.2, 0) is 16.6 Å². The van der Waals surface area contributed by atoms with E-state index < -0.39 is 10.0 Å². The van der Waals surface area contributed by atoms with Crippen LogP contribution in [0.15, 0.2) is 34.8 Å². The predicted molar refractivity (Wildman–Crippen MR) is 99.6 cm³/mol. The van der Waals surface area contributed by atoms with Crippen molar-refractivity contribution < 1.29 is 13.5 Å². The average molecular weight is 413 g/mol. The van der Waals surface area contributed by atoms with Crippen LogP contribution in [0.3, 0.4) is 0 Å². The largest absolute Gasteiger partial charge is 0.508 e. The number of piperidine rings is 1. The van der Waals surface area contributed by atoms with E-state index in [-0.39, 0.29) is 11.8 Å². The Balaban J connectivity index is 1.83. The number of aromatic hydroxyl groups is 1. The molecule has 0 radical (unpaired) electrons. The molecule has 1 heterocycles. The molecule has 2 aromatic rings. The molecule has 0 amide bonds. The van der Waals surface area contributed by atoms with Gasteiger partial charge in [-0.1, -0.05) is 28.1 Å². The number of phenolic OH excluding ortho intramolecular Hbond substituents is 1. The molecule has 2 N–H and O–H groups in total. The number of sulfonamides is 1. The number of rotatable bonds is 4. The number of halogens is 1. The van der Waals surface area contributed by atoms with Gasteiger partial charge in [0.05, 0.1) is 6.26 Å². The molecule has 0 saturated carbocycles. The van der Waals surface area contributed by atoms with Crippen molar-refractivity contribution in [3.8, 4) is 5.75 Å². The molecule has 7 heteroatoms. The average Bonchev–Trinajstić information content (AvgIpc) is 2.49. The summed E-state index contributed by atoms with van der Waals surface area (Å²) >= 11 is 3.47. The maximum absolute atomic E-state index is 11.5. The summed E-state index contributed by atoms with van der Waals surface area (Å²) in [5.74, 6) is 0.281. The number of phenols is 1. The van der Waals surface area contributed by atoms with Crippen LogP contribution in [0.4, 0.5) is 0 Å². The normalized spacial score (nSPS) is 19.7. The molecule has 1 atom stereocenters. The molecule has 0 bridgehead atoms. The van der Waals surface area contributed by atoms with Gasteiger partial charge in [-0.05, 0) is 48.4 Å². The fraction of sp³-hybridized carbons (Fsp3) is 0.412. The minimum Gasteiger partial charge on any atom is -0.508 e. The van der Waals surface area contributed by atoms with E-state index in [1.54, 1.807) is 6.07 Å². The van der Waals surface area contributed by atoms with Gasteiger partial charge in [0.15, 0.2) is 0 Å². The molecule has 130 valence electrons. The van der Waals surface area contributed by atoms with E-state index in [2.05, 4.69) is 25.6 Å². The van der Waals surface area contributed by atoms with Crippen LogP contribution in [-0.4, -0.2) is 43.8 Å². The number of likely N-dealkylation sites (tertiary alicyclic amines) is 1. The molecule has 1 aliphatic heterocycles. The zero-order valence-electron chi connectivity index (χ0n) is 13.5. The van der Waals surface area contributed by atoms with Crippen molar-refractivity contribution in [2.24, 2.45) is 0 Å². The predicted octanol–water partition coefficient (Wildman–Crippen LogP) is 2.82. The van der Waals surface area contributed by atoms with Crippen LogP contribution in [0.5, 0.6) is 5.75 Å². The monoisotopic (exact) mass is 412 g/mol. The molecule has 5 nitrogen and oxygen atoms in total. The Labute approximate surface area is 150 Å². The Morgan fingerprint density at radius 2 is 2.12 bits per heavy atom. The maximum Gasteiger partial charge on any atom is 0.208 e. The summed E-state index contributed by atoms with van der Waals surface area (Å²) in [5.41, 5.74) is 0.889. The Hall–Kier alpha value is -1.15. The maximum atomic E-state index is 11.5. The van der Waals surface area contributed by atoms with E-state index in [4.69, 9.17) is 0 Å². The Morgan fingerprint density at radius 1 is 1.33 bits per heavy atom. The van der Waals surface area contributed by atoms with Crippen molar-refractivity contribution in [3.05, 3.63) is 40.4 Å². The summed E-state index contributed by atoms with van der Waals surface area (Å²) in [4.78, 5) is 2.20. The smallest absolute Gasteiger partial charge is 0.208 e. The van der Waals surface area contributed by atoms with E-state index in [9.17, 15) is 13.5 Å². The molecule has 3 rings (SSSR count). The van der Waals surface area contributed by atoms with Gasteiger partial charge in [0, 0.05) is 29.2 Å². The summed E-state index contributed by atoms with van der Waals surface area (Å²) in [5, 5.41) is 12.4. The first kappa shape index (κ1) is 17.7. The van der Waals surface area contributed by atoms with Crippen molar-refractivity contribution in [2.75, 3.05) is 19.3 Å². The second-order valence-corrected chi connectivity index (χ2v) is 9.09. The third kappa shape index (κ3) is 4.27. The van der Waals surface area contributed by atoms with Crippen molar-refractivity contribution >= 4 is 36.7 Å². The minimum absolute atomic E-state index is 0.0694. The van der Waals surface area contributed by atoms with E-state index in [0.717, 1.165) is 40.2 Å². The third-order valence-corrected chi connectivity index (χ3v) is 5.59. The van der Waals surface area contributed by atoms with Crippen molar-refractivity contribution in [3.63, 3.8) is 0 Å². The number of nitrogens with zero attached hydrogens (tertiary/aromatic N) is 1. The molecular formula is C17H21BrN2O3S. The van der Waals surface area contributed by atoms with E-state index in [1.165, 1.54) is 6.26 Å². The van der Waals surface area contributed by atoms with Crippen molar-refractivity contribution in [1.82, 2.24) is 9.62 Å². The fourth-order valence-corrected chi connectivity index (χ4v) is 4.52. The Morgan fingerprint density at radius 3 is 2.88 bits per heavy atom. The molecule has 1 aliphatic rings. The molecule has 0 aromatic heterocycles. The Kier molecular flexibility index (Phi) is 5.15. The minimum atomic E-state index is -3.20. The highest BCUT2D eigenvalue weighted by molar-refractivity contribution is 9.10. The molecule has 0 unspecified atom stereocenters. The van der Waals surface area contributed by atoms with Crippen LogP contribution >= 0.6 is 15.9 Å². The first-order valence-electron chi connectivity index (χ1n) is 7.91.